The average Bonchev–Trinajstić information content (AvgIpc) is 2.36. The zero-order chi connectivity index (χ0) is 9.84. The molecule has 76 valence electrons. The van der Waals surface area contributed by atoms with E-state index in [-0.39, 0.29) is 6.03 Å². The molecule has 4 heteroatoms. The molecule has 1 fully saturated rings. The fourth-order valence-electron chi connectivity index (χ4n) is 1.77. The molecular weight excluding hydrogens is 166 g/mol. The maximum Gasteiger partial charge on any atom is 0.320 e. The van der Waals surface area contributed by atoms with Crippen LogP contribution in [0.3, 0.4) is 0 Å². The van der Waals surface area contributed by atoms with E-state index in [9.17, 15) is 4.79 Å². The number of hydrogen-bond donors (Lipinski definition) is 1. The van der Waals surface area contributed by atoms with Crippen LogP contribution in [-0.2, 0) is 0 Å². The van der Waals surface area contributed by atoms with Crippen molar-refractivity contribution in [3.63, 3.8) is 0 Å². The van der Waals surface area contributed by atoms with Crippen molar-refractivity contribution < 1.29 is 4.79 Å². The molecule has 0 bridgehead atoms. The second-order valence-corrected chi connectivity index (χ2v) is 3.57. The average molecular weight is 185 g/mol. The van der Waals surface area contributed by atoms with Crippen LogP contribution in [0.15, 0.2) is 0 Å². The Kier molecular flexibility index (Phi) is 3.54. The summed E-state index contributed by atoms with van der Waals surface area (Å²) >= 11 is 0. The van der Waals surface area contributed by atoms with E-state index in [1.54, 1.807) is 0 Å². The fourth-order valence-corrected chi connectivity index (χ4v) is 1.77. The van der Waals surface area contributed by atoms with Gasteiger partial charge in [0, 0.05) is 20.1 Å². The lowest BCUT2D eigenvalue weighted by Gasteiger charge is -2.16. The quantitative estimate of drug-likeness (QED) is 0.692. The number of amides is 2. The lowest BCUT2D eigenvalue weighted by Crippen LogP contribution is -2.32. The minimum atomic E-state index is 0.153. The van der Waals surface area contributed by atoms with Crippen LogP contribution < -0.4 is 5.73 Å². The Morgan fingerprint density at radius 1 is 1.62 bits per heavy atom. The molecular formula is C9H19N3O. The van der Waals surface area contributed by atoms with Gasteiger partial charge in [-0.05, 0) is 19.4 Å². The molecule has 4 nitrogen and oxygen atoms in total. The summed E-state index contributed by atoms with van der Waals surface area (Å²) in [5.41, 5.74) is 5.48. The summed E-state index contributed by atoms with van der Waals surface area (Å²) in [6, 6.07) is 0.476. The van der Waals surface area contributed by atoms with Crippen LogP contribution in [0.1, 0.15) is 19.8 Å². The van der Waals surface area contributed by atoms with Gasteiger partial charge in [-0.3, -0.25) is 0 Å². The third-order valence-corrected chi connectivity index (χ3v) is 2.54. The van der Waals surface area contributed by atoms with Crippen LogP contribution in [0.4, 0.5) is 4.79 Å². The molecule has 2 N–H and O–H groups in total. The van der Waals surface area contributed by atoms with Crippen molar-refractivity contribution in [1.29, 1.82) is 0 Å². The van der Waals surface area contributed by atoms with E-state index < -0.39 is 0 Å². The number of nitrogens with zero attached hydrogens (tertiary/aromatic N) is 2. The van der Waals surface area contributed by atoms with Gasteiger partial charge in [0.2, 0.25) is 0 Å². The highest BCUT2D eigenvalue weighted by atomic mass is 16.2. The summed E-state index contributed by atoms with van der Waals surface area (Å²) in [5.74, 6) is 0. The van der Waals surface area contributed by atoms with Gasteiger partial charge in [0.25, 0.3) is 0 Å². The molecule has 1 unspecified atom stereocenters. The van der Waals surface area contributed by atoms with E-state index in [2.05, 4.69) is 6.92 Å². The van der Waals surface area contributed by atoms with Crippen LogP contribution in [0, 0.1) is 0 Å². The predicted octanol–water partition coefficient (Wildman–Crippen LogP) is 0.481. The van der Waals surface area contributed by atoms with Crippen molar-refractivity contribution in [3.05, 3.63) is 0 Å². The van der Waals surface area contributed by atoms with E-state index in [1.165, 1.54) is 0 Å². The summed E-state index contributed by atoms with van der Waals surface area (Å²) in [7, 11) is 1.86. The highest BCUT2D eigenvalue weighted by Crippen LogP contribution is 2.15. The van der Waals surface area contributed by atoms with E-state index >= 15 is 0 Å². The topological polar surface area (TPSA) is 49.6 Å². The number of rotatable bonds is 4. The maximum atomic E-state index is 11.6. The lowest BCUT2D eigenvalue weighted by molar-refractivity contribution is 0.195. The molecule has 1 aliphatic heterocycles. The van der Waals surface area contributed by atoms with Gasteiger partial charge in [0.15, 0.2) is 0 Å². The molecule has 1 aliphatic rings. The Morgan fingerprint density at radius 2 is 2.31 bits per heavy atom. The normalized spacial score (nSPS) is 23.0. The van der Waals surface area contributed by atoms with Crippen LogP contribution in [0.25, 0.3) is 0 Å². The lowest BCUT2D eigenvalue weighted by atomic mass is 10.2. The Labute approximate surface area is 79.7 Å². The van der Waals surface area contributed by atoms with Gasteiger partial charge in [-0.2, -0.15) is 0 Å². The SMILES string of the molecule is CCCN1CC(CCN)N(C)C1=O. The second-order valence-electron chi connectivity index (χ2n) is 3.57. The molecule has 0 aromatic rings. The largest absolute Gasteiger partial charge is 0.330 e. The van der Waals surface area contributed by atoms with Crippen LogP contribution in [0.5, 0.6) is 0 Å². The third-order valence-electron chi connectivity index (χ3n) is 2.54. The summed E-state index contributed by atoms with van der Waals surface area (Å²) in [6.45, 7) is 4.45. The van der Waals surface area contributed by atoms with Crippen molar-refractivity contribution in [1.82, 2.24) is 9.80 Å². The Balaban J connectivity index is 2.50. The van der Waals surface area contributed by atoms with E-state index in [1.807, 2.05) is 16.8 Å². The molecule has 0 spiro atoms. The number of hydrogen-bond acceptors (Lipinski definition) is 2. The van der Waals surface area contributed by atoms with Gasteiger partial charge in [-0.15, -0.1) is 0 Å². The van der Waals surface area contributed by atoms with Crippen molar-refractivity contribution in [3.8, 4) is 0 Å². The predicted molar refractivity (Wildman–Crippen MR) is 52.5 cm³/mol. The highest BCUT2D eigenvalue weighted by molar-refractivity contribution is 5.76. The highest BCUT2D eigenvalue weighted by Gasteiger charge is 2.32. The van der Waals surface area contributed by atoms with Crippen LogP contribution in [0.2, 0.25) is 0 Å². The number of likely N-dealkylation sites (N-methyl/N-ethyl adjacent to an activating group) is 1. The molecule has 0 aromatic heterocycles. The van der Waals surface area contributed by atoms with Crippen molar-refractivity contribution in [2.24, 2.45) is 5.73 Å². The van der Waals surface area contributed by atoms with Crippen LogP contribution in [-0.4, -0.2) is 48.6 Å². The minimum Gasteiger partial charge on any atom is -0.330 e. The second kappa shape index (κ2) is 4.46. The van der Waals surface area contributed by atoms with Gasteiger partial charge in [0.05, 0.1) is 6.04 Å². The Hall–Kier alpha value is -0.770. The minimum absolute atomic E-state index is 0.153. The molecule has 1 saturated heterocycles. The zero-order valence-corrected chi connectivity index (χ0v) is 8.49. The molecule has 2 amide bonds. The Morgan fingerprint density at radius 3 is 2.85 bits per heavy atom. The van der Waals surface area contributed by atoms with Gasteiger partial charge < -0.3 is 15.5 Å². The summed E-state index contributed by atoms with van der Waals surface area (Å²) in [6.07, 6.45) is 1.93. The first kappa shape index (κ1) is 10.3. The summed E-state index contributed by atoms with van der Waals surface area (Å²) in [5, 5.41) is 0. The summed E-state index contributed by atoms with van der Waals surface area (Å²) < 4.78 is 0. The maximum absolute atomic E-state index is 11.6. The van der Waals surface area contributed by atoms with Gasteiger partial charge in [-0.1, -0.05) is 6.92 Å². The summed E-state index contributed by atoms with van der Waals surface area (Å²) in [4.78, 5) is 15.3. The molecule has 0 aliphatic carbocycles. The molecule has 13 heavy (non-hydrogen) atoms. The van der Waals surface area contributed by atoms with E-state index in [4.69, 9.17) is 5.73 Å². The first-order valence-corrected chi connectivity index (χ1v) is 4.92. The standard InChI is InChI=1S/C9H19N3O/c1-3-6-12-7-8(4-5-10)11(2)9(12)13/h8H,3-7,10H2,1-2H3. The fraction of sp³-hybridized carbons (Fsp3) is 0.889. The molecule has 0 saturated carbocycles. The van der Waals surface area contributed by atoms with Gasteiger partial charge in [-0.25, -0.2) is 4.79 Å². The molecule has 0 radical (unpaired) electrons. The Bertz CT molecular complexity index is 184. The molecule has 1 atom stereocenters. The van der Waals surface area contributed by atoms with E-state index in [0.29, 0.717) is 12.6 Å². The number of carbonyl (C=O) groups excluding carboxylic acids is 1. The number of carbonyl (C=O) groups is 1. The first-order valence-electron chi connectivity index (χ1n) is 4.92. The molecule has 1 heterocycles. The first-order chi connectivity index (χ1) is 6.20. The monoisotopic (exact) mass is 185 g/mol. The van der Waals surface area contributed by atoms with E-state index in [0.717, 1.165) is 25.9 Å². The number of nitrogens with two attached hydrogens (primary N) is 1. The number of urea groups is 1. The van der Waals surface area contributed by atoms with Crippen LogP contribution >= 0.6 is 0 Å². The third kappa shape index (κ3) is 2.12. The van der Waals surface area contributed by atoms with Gasteiger partial charge in [0.1, 0.15) is 0 Å². The van der Waals surface area contributed by atoms with Crippen molar-refractivity contribution >= 4 is 6.03 Å². The zero-order valence-electron chi connectivity index (χ0n) is 8.49. The van der Waals surface area contributed by atoms with Crippen molar-refractivity contribution in [2.75, 3.05) is 26.7 Å². The molecule has 1 rings (SSSR count). The molecule has 0 aromatic carbocycles. The van der Waals surface area contributed by atoms with Gasteiger partial charge >= 0.3 is 6.03 Å². The smallest absolute Gasteiger partial charge is 0.320 e. The van der Waals surface area contributed by atoms with Crippen molar-refractivity contribution in [2.45, 2.75) is 25.8 Å².